The van der Waals surface area contributed by atoms with E-state index in [0.29, 0.717) is 12.2 Å². The van der Waals surface area contributed by atoms with Gasteiger partial charge in [0.15, 0.2) is 11.9 Å². The molecule has 1 aromatic carbocycles. The number of ketones is 1. The Balaban J connectivity index is 0.000000686. The van der Waals surface area contributed by atoms with Crippen LogP contribution in [-0.2, 0) is 4.79 Å². The number of hydrogen-bond donors (Lipinski definition) is 0. The number of hydrogen-bond acceptors (Lipinski definition) is 3. The van der Waals surface area contributed by atoms with Crippen LogP contribution in [0.3, 0.4) is 0 Å². The number of carbonyl (C=O) groups is 1. The SMILES string of the molecule is CC.COc1cccc(OC2CCCC2=O)c1. The van der Waals surface area contributed by atoms with Gasteiger partial charge in [-0.3, -0.25) is 4.79 Å². The molecule has 3 heteroatoms. The van der Waals surface area contributed by atoms with Crippen LogP contribution < -0.4 is 9.47 Å². The van der Waals surface area contributed by atoms with Crippen molar-refractivity contribution in [1.29, 1.82) is 0 Å². The molecule has 0 radical (unpaired) electrons. The average Bonchev–Trinajstić information content (AvgIpc) is 2.78. The normalized spacial score (nSPS) is 18.3. The third-order valence-electron chi connectivity index (χ3n) is 2.57. The first-order valence-corrected chi connectivity index (χ1v) is 6.13. The average molecular weight is 236 g/mol. The maximum Gasteiger partial charge on any atom is 0.173 e. The second-order valence-corrected chi connectivity index (χ2v) is 3.64. The lowest BCUT2D eigenvalue weighted by molar-refractivity contribution is -0.123. The molecule has 1 unspecified atom stereocenters. The molecule has 0 amide bonds. The molecule has 0 bridgehead atoms. The predicted octanol–water partition coefficient (Wildman–Crippen LogP) is 3.22. The van der Waals surface area contributed by atoms with Gasteiger partial charge in [0.2, 0.25) is 0 Å². The van der Waals surface area contributed by atoms with Gasteiger partial charge in [0, 0.05) is 12.5 Å². The fourth-order valence-corrected chi connectivity index (χ4v) is 1.75. The molecule has 1 aromatic rings. The molecule has 0 N–H and O–H groups in total. The molecule has 0 saturated heterocycles. The van der Waals surface area contributed by atoms with Gasteiger partial charge < -0.3 is 9.47 Å². The maximum absolute atomic E-state index is 11.4. The van der Waals surface area contributed by atoms with E-state index in [1.807, 2.05) is 32.0 Å². The van der Waals surface area contributed by atoms with E-state index in [4.69, 9.17) is 9.47 Å². The van der Waals surface area contributed by atoms with Gasteiger partial charge in [-0.25, -0.2) is 0 Å². The van der Waals surface area contributed by atoms with Gasteiger partial charge in [-0.15, -0.1) is 0 Å². The molecule has 1 fully saturated rings. The van der Waals surface area contributed by atoms with E-state index in [0.717, 1.165) is 18.6 Å². The smallest absolute Gasteiger partial charge is 0.173 e. The van der Waals surface area contributed by atoms with Crippen molar-refractivity contribution in [2.45, 2.75) is 39.2 Å². The topological polar surface area (TPSA) is 35.5 Å². The summed E-state index contributed by atoms with van der Waals surface area (Å²) in [5.74, 6) is 1.66. The molecule has 2 rings (SSSR count). The van der Waals surface area contributed by atoms with E-state index in [9.17, 15) is 4.79 Å². The summed E-state index contributed by atoms with van der Waals surface area (Å²) in [6.45, 7) is 4.00. The second-order valence-electron chi connectivity index (χ2n) is 3.64. The summed E-state index contributed by atoms with van der Waals surface area (Å²) in [4.78, 5) is 11.4. The maximum atomic E-state index is 11.4. The lowest BCUT2D eigenvalue weighted by Crippen LogP contribution is -2.20. The van der Waals surface area contributed by atoms with Crippen LogP contribution in [0, 0.1) is 0 Å². The van der Waals surface area contributed by atoms with Crippen LogP contribution in [0.25, 0.3) is 0 Å². The Morgan fingerprint density at radius 2 is 1.94 bits per heavy atom. The summed E-state index contributed by atoms with van der Waals surface area (Å²) in [6.07, 6.45) is 2.16. The molecule has 0 aliphatic heterocycles. The summed E-state index contributed by atoms with van der Waals surface area (Å²) in [7, 11) is 1.61. The van der Waals surface area contributed by atoms with Gasteiger partial charge in [0.05, 0.1) is 7.11 Å². The molecule has 0 aromatic heterocycles. The monoisotopic (exact) mass is 236 g/mol. The first-order valence-electron chi connectivity index (χ1n) is 6.13. The lowest BCUT2D eigenvalue weighted by atomic mass is 10.3. The van der Waals surface area contributed by atoms with Gasteiger partial charge in [-0.1, -0.05) is 19.9 Å². The van der Waals surface area contributed by atoms with Crippen LogP contribution in [0.5, 0.6) is 11.5 Å². The Labute approximate surface area is 103 Å². The van der Waals surface area contributed by atoms with Crippen LogP contribution in [0.2, 0.25) is 0 Å². The lowest BCUT2D eigenvalue weighted by Gasteiger charge is -2.12. The Bertz CT molecular complexity index is 360. The molecule has 3 nitrogen and oxygen atoms in total. The van der Waals surface area contributed by atoms with Crippen molar-refractivity contribution in [3.63, 3.8) is 0 Å². The first kappa shape index (κ1) is 13.6. The molecule has 1 aliphatic carbocycles. The number of carbonyl (C=O) groups excluding carboxylic acids is 1. The van der Waals surface area contributed by atoms with Crippen LogP contribution in [-0.4, -0.2) is 19.0 Å². The summed E-state index contributed by atoms with van der Waals surface area (Å²) in [5.41, 5.74) is 0. The number of benzene rings is 1. The van der Waals surface area contributed by atoms with Crippen molar-refractivity contribution in [2.75, 3.05) is 7.11 Å². The highest BCUT2D eigenvalue weighted by molar-refractivity contribution is 5.85. The standard InChI is InChI=1S/C12H14O3.C2H6/c1-14-9-4-2-5-10(8-9)15-12-7-3-6-11(12)13;1-2/h2,4-5,8,12H,3,6-7H2,1H3;1-2H3. The zero-order chi connectivity index (χ0) is 12.7. The van der Waals surface area contributed by atoms with Crippen LogP contribution in [0.4, 0.5) is 0 Å². The number of rotatable bonds is 3. The summed E-state index contributed by atoms with van der Waals surface area (Å²) in [5, 5.41) is 0. The van der Waals surface area contributed by atoms with E-state index in [1.165, 1.54) is 0 Å². The van der Waals surface area contributed by atoms with E-state index in [-0.39, 0.29) is 11.9 Å². The fraction of sp³-hybridized carbons (Fsp3) is 0.500. The predicted molar refractivity (Wildman–Crippen MR) is 67.6 cm³/mol. The van der Waals surface area contributed by atoms with Gasteiger partial charge >= 0.3 is 0 Å². The Morgan fingerprint density at radius 1 is 1.24 bits per heavy atom. The highest BCUT2D eigenvalue weighted by Gasteiger charge is 2.25. The molecule has 1 saturated carbocycles. The number of methoxy groups -OCH3 is 1. The molecular weight excluding hydrogens is 216 g/mol. The van der Waals surface area contributed by atoms with Gasteiger partial charge in [-0.2, -0.15) is 0 Å². The molecule has 1 aliphatic rings. The van der Waals surface area contributed by atoms with E-state index >= 15 is 0 Å². The fourth-order valence-electron chi connectivity index (χ4n) is 1.75. The highest BCUT2D eigenvalue weighted by atomic mass is 16.5. The van der Waals surface area contributed by atoms with Crippen LogP contribution in [0.15, 0.2) is 24.3 Å². The Morgan fingerprint density at radius 3 is 2.53 bits per heavy atom. The van der Waals surface area contributed by atoms with Crippen molar-refractivity contribution < 1.29 is 14.3 Å². The van der Waals surface area contributed by atoms with Crippen molar-refractivity contribution in [3.05, 3.63) is 24.3 Å². The minimum Gasteiger partial charge on any atom is -0.497 e. The zero-order valence-corrected chi connectivity index (χ0v) is 10.7. The van der Waals surface area contributed by atoms with Crippen LogP contribution >= 0.6 is 0 Å². The van der Waals surface area contributed by atoms with Crippen molar-refractivity contribution >= 4 is 5.78 Å². The summed E-state index contributed by atoms with van der Waals surface area (Å²) >= 11 is 0. The Hall–Kier alpha value is -1.51. The molecule has 94 valence electrons. The molecule has 1 atom stereocenters. The number of Topliss-reactive ketones (excluding diaryl/α,β-unsaturated/α-hetero) is 1. The van der Waals surface area contributed by atoms with Crippen molar-refractivity contribution in [3.8, 4) is 11.5 Å². The van der Waals surface area contributed by atoms with E-state index < -0.39 is 0 Å². The van der Waals surface area contributed by atoms with E-state index in [1.54, 1.807) is 13.2 Å². The van der Waals surface area contributed by atoms with Gasteiger partial charge in [0.25, 0.3) is 0 Å². The largest absolute Gasteiger partial charge is 0.497 e. The quantitative estimate of drug-likeness (QED) is 0.808. The molecular formula is C14H20O3. The van der Waals surface area contributed by atoms with Crippen molar-refractivity contribution in [2.24, 2.45) is 0 Å². The first-order chi connectivity index (χ1) is 8.29. The van der Waals surface area contributed by atoms with Crippen molar-refractivity contribution in [1.82, 2.24) is 0 Å². The van der Waals surface area contributed by atoms with Gasteiger partial charge in [-0.05, 0) is 25.0 Å². The summed E-state index contributed by atoms with van der Waals surface area (Å²) < 4.78 is 10.7. The van der Waals surface area contributed by atoms with E-state index in [2.05, 4.69) is 0 Å². The molecule has 0 heterocycles. The molecule has 17 heavy (non-hydrogen) atoms. The number of ether oxygens (including phenoxy) is 2. The zero-order valence-electron chi connectivity index (χ0n) is 10.7. The third kappa shape index (κ3) is 3.77. The Kier molecular flexibility index (Phi) is 5.53. The minimum atomic E-state index is -0.253. The summed E-state index contributed by atoms with van der Waals surface area (Å²) in [6, 6.07) is 7.34. The second kappa shape index (κ2) is 6.94. The highest BCUT2D eigenvalue weighted by Crippen LogP contribution is 2.24. The van der Waals surface area contributed by atoms with Crippen LogP contribution in [0.1, 0.15) is 33.1 Å². The van der Waals surface area contributed by atoms with Gasteiger partial charge in [0.1, 0.15) is 11.5 Å². The molecule has 0 spiro atoms. The third-order valence-corrected chi connectivity index (χ3v) is 2.57. The minimum absolute atomic E-state index is 0.206.